The number of hydrogen-bond acceptors (Lipinski definition) is 17. The topological polar surface area (TPSA) is 318 Å². The van der Waals surface area contributed by atoms with Gasteiger partial charge in [0.1, 0.15) is 54.7 Å². The monoisotopic (exact) mass is 669 g/mol. The SMILES string of the molecule is NC(=O)[C@@H]1CCCN([C@@H]2O[C@H](COP(=O)(O)OP(=O)(O)OC[C@H]3O[C@@H](n4cnc5c(N)ncnc54)[C@H](O)[C@@H]3O)[C@@H](O)[C@H]2O)C1. The minimum atomic E-state index is -5.35. The molecule has 0 aliphatic carbocycles. The Bertz CT molecular complexity index is 1450. The lowest BCUT2D eigenvalue weighted by atomic mass is 9.96. The van der Waals surface area contributed by atoms with Gasteiger partial charge in [0, 0.05) is 13.1 Å². The number of imidazole rings is 1. The van der Waals surface area contributed by atoms with Crippen LogP contribution in [0.3, 0.4) is 0 Å². The molecule has 23 heteroatoms. The molecule has 2 aromatic heterocycles. The van der Waals surface area contributed by atoms with E-state index in [-0.39, 0.29) is 23.5 Å². The van der Waals surface area contributed by atoms with Gasteiger partial charge in [-0.2, -0.15) is 4.31 Å². The Kier molecular flexibility index (Phi) is 9.72. The number of piperidine rings is 1. The van der Waals surface area contributed by atoms with Crippen molar-refractivity contribution in [1.82, 2.24) is 24.4 Å². The van der Waals surface area contributed by atoms with Crippen molar-refractivity contribution in [3.05, 3.63) is 12.7 Å². The molecule has 11 atom stereocenters. The minimum Gasteiger partial charge on any atom is -0.387 e. The number of nitrogens with two attached hydrogens (primary N) is 2. The second-order valence-corrected chi connectivity index (χ2v) is 13.6. The number of amides is 1. The predicted octanol–water partition coefficient (Wildman–Crippen LogP) is -3.08. The van der Waals surface area contributed by atoms with E-state index in [1.807, 2.05) is 0 Å². The van der Waals surface area contributed by atoms with Crippen molar-refractivity contribution in [3.8, 4) is 0 Å². The summed E-state index contributed by atoms with van der Waals surface area (Å²) in [6.45, 7) is -1.13. The van der Waals surface area contributed by atoms with Crippen LogP contribution in [0.2, 0.25) is 0 Å². The zero-order chi connectivity index (χ0) is 32.0. The molecule has 21 nitrogen and oxygen atoms in total. The van der Waals surface area contributed by atoms with E-state index in [9.17, 15) is 44.1 Å². The van der Waals surface area contributed by atoms with E-state index in [0.717, 1.165) is 6.33 Å². The fourth-order valence-corrected chi connectivity index (χ4v) is 7.40. The van der Waals surface area contributed by atoms with Crippen LogP contribution in [0.15, 0.2) is 12.7 Å². The van der Waals surface area contributed by atoms with E-state index in [1.54, 1.807) is 4.90 Å². The molecule has 246 valence electrons. The van der Waals surface area contributed by atoms with Gasteiger partial charge in [0.15, 0.2) is 17.7 Å². The summed E-state index contributed by atoms with van der Waals surface area (Å²) in [5.74, 6) is -0.948. The van der Waals surface area contributed by atoms with Gasteiger partial charge in [-0.1, -0.05) is 0 Å². The number of nitrogens with zero attached hydrogens (tertiary/aromatic N) is 5. The third kappa shape index (κ3) is 6.96. The Morgan fingerprint density at radius 1 is 0.955 bits per heavy atom. The Hall–Kier alpha value is -2.20. The highest BCUT2D eigenvalue weighted by atomic mass is 31.3. The largest absolute Gasteiger partial charge is 0.481 e. The second-order valence-electron chi connectivity index (χ2n) is 10.5. The molecule has 0 radical (unpaired) electrons. The van der Waals surface area contributed by atoms with Gasteiger partial charge in [0.2, 0.25) is 5.91 Å². The van der Waals surface area contributed by atoms with Gasteiger partial charge < -0.3 is 51.2 Å². The number of phosphoric acid groups is 2. The average molecular weight is 669 g/mol. The molecule has 44 heavy (non-hydrogen) atoms. The summed E-state index contributed by atoms with van der Waals surface area (Å²) in [6, 6.07) is 0. The number of anilines is 1. The molecule has 0 spiro atoms. The third-order valence-electron chi connectivity index (χ3n) is 7.56. The second kappa shape index (κ2) is 12.9. The number of aliphatic hydroxyl groups excluding tert-OH is 4. The molecule has 10 N–H and O–H groups in total. The zero-order valence-corrected chi connectivity index (χ0v) is 24.6. The Morgan fingerprint density at radius 2 is 1.55 bits per heavy atom. The number of hydrogen-bond donors (Lipinski definition) is 8. The van der Waals surface area contributed by atoms with Crippen LogP contribution in [0.25, 0.3) is 11.2 Å². The highest BCUT2D eigenvalue weighted by Gasteiger charge is 2.49. The number of phosphoric ester groups is 2. The van der Waals surface area contributed by atoms with Gasteiger partial charge in [0.25, 0.3) is 0 Å². The van der Waals surface area contributed by atoms with Crippen molar-refractivity contribution >= 4 is 38.5 Å². The standard InChI is InChI=1S/C21H33N7O14P2/c22-17-12-19(25-7-24-17)28(8-26-12)21-16(32)14(30)11(41-21)6-39-44(36,37)42-43(34,35)38-5-10-13(29)15(31)20(40-10)27-3-1-2-9(4-27)18(23)33/h7-11,13-16,20-21,29-32H,1-6H2,(H2,23,33)(H,34,35)(H,36,37)(H2,22,24,25)/t9-,10-,11-,13-,14-,15-,16-,20-,21-/m1/s1. The maximum absolute atomic E-state index is 12.4. The minimum absolute atomic E-state index is 0.0565. The van der Waals surface area contributed by atoms with E-state index in [4.69, 9.17) is 30.0 Å². The molecule has 0 saturated carbocycles. The number of aliphatic hydroxyl groups is 4. The zero-order valence-electron chi connectivity index (χ0n) is 22.8. The number of rotatable bonds is 11. The number of aromatic nitrogens is 4. The summed E-state index contributed by atoms with van der Waals surface area (Å²) in [6.07, 6.45) is -7.87. The van der Waals surface area contributed by atoms with Crippen LogP contribution in [0, 0.1) is 5.92 Å². The average Bonchev–Trinajstić information content (AvgIpc) is 3.61. The fourth-order valence-electron chi connectivity index (χ4n) is 5.30. The van der Waals surface area contributed by atoms with Crippen LogP contribution in [0.1, 0.15) is 19.1 Å². The molecule has 3 saturated heterocycles. The highest BCUT2D eigenvalue weighted by molar-refractivity contribution is 7.61. The lowest BCUT2D eigenvalue weighted by Crippen LogP contribution is -2.50. The Labute approximate surface area is 248 Å². The maximum atomic E-state index is 12.4. The quantitative estimate of drug-likeness (QED) is 0.110. The fraction of sp³-hybridized carbons (Fsp3) is 0.714. The molecule has 2 unspecified atom stereocenters. The lowest BCUT2D eigenvalue weighted by molar-refractivity contribution is -0.131. The van der Waals surface area contributed by atoms with Gasteiger partial charge in [-0.3, -0.25) is 23.3 Å². The summed E-state index contributed by atoms with van der Waals surface area (Å²) < 4.78 is 51.0. The van der Waals surface area contributed by atoms with E-state index in [1.165, 1.54) is 10.9 Å². The number of carbonyl (C=O) groups is 1. The number of nitrogen functional groups attached to an aromatic ring is 1. The summed E-state index contributed by atoms with van der Waals surface area (Å²) in [4.78, 5) is 45.1. The number of likely N-dealkylation sites (tertiary alicyclic amines) is 1. The number of carbonyl (C=O) groups excluding carboxylic acids is 1. The summed E-state index contributed by atoms with van der Waals surface area (Å²) >= 11 is 0. The smallest absolute Gasteiger partial charge is 0.387 e. The number of ether oxygens (including phenoxy) is 2. The van der Waals surface area contributed by atoms with Crippen LogP contribution in [0.4, 0.5) is 5.82 Å². The van der Waals surface area contributed by atoms with Gasteiger partial charge in [-0.25, -0.2) is 24.1 Å². The molecule has 0 aromatic carbocycles. The molecule has 5 rings (SSSR count). The summed E-state index contributed by atoms with van der Waals surface area (Å²) in [5.41, 5.74) is 11.5. The first-order valence-electron chi connectivity index (χ1n) is 13.3. The molecule has 0 bridgehead atoms. The van der Waals surface area contributed by atoms with Crippen molar-refractivity contribution < 1.29 is 67.0 Å². The van der Waals surface area contributed by atoms with Crippen molar-refractivity contribution in [2.24, 2.45) is 11.7 Å². The van der Waals surface area contributed by atoms with Crippen molar-refractivity contribution in [2.45, 2.75) is 61.9 Å². The van der Waals surface area contributed by atoms with Crippen LogP contribution in [-0.4, -0.2) is 130 Å². The normalized spacial score (nSPS) is 35.9. The van der Waals surface area contributed by atoms with E-state index in [0.29, 0.717) is 19.4 Å². The molecular weight excluding hydrogens is 636 g/mol. The molecular formula is C21H33N7O14P2. The van der Waals surface area contributed by atoms with Crippen molar-refractivity contribution in [2.75, 3.05) is 32.0 Å². The molecule has 3 fully saturated rings. The van der Waals surface area contributed by atoms with Crippen LogP contribution >= 0.6 is 15.6 Å². The summed E-state index contributed by atoms with van der Waals surface area (Å²) in [5, 5.41) is 41.8. The summed E-state index contributed by atoms with van der Waals surface area (Å²) in [7, 11) is -10.7. The van der Waals surface area contributed by atoms with Crippen LogP contribution < -0.4 is 11.5 Å². The van der Waals surface area contributed by atoms with E-state index in [2.05, 4.69) is 19.3 Å². The molecule has 2 aromatic rings. The first kappa shape index (κ1) is 33.2. The highest BCUT2D eigenvalue weighted by Crippen LogP contribution is 2.60. The first-order chi connectivity index (χ1) is 20.7. The lowest BCUT2D eigenvalue weighted by Gasteiger charge is -2.36. The van der Waals surface area contributed by atoms with Crippen molar-refractivity contribution in [1.29, 1.82) is 0 Å². The maximum Gasteiger partial charge on any atom is 0.481 e. The van der Waals surface area contributed by atoms with E-state index < -0.39 is 89.8 Å². The van der Waals surface area contributed by atoms with Gasteiger partial charge in [-0.15, -0.1) is 0 Å². The third-order valence-corrected chi connectivity index (χ3v) is 10.2. The van der Waals surface area contributed by atoms with Crippen LogP contribution in [-0.2, 0) is 36.8 Å². The van der Waals surface area contributed by atoms with Gasteiger partial charge in [-0.05, 0) is 12.8 Å². The van der Waals surface area contributed by atoms with Crippen molar-refractivity contribution in [3.63, 3.8) is 0 Å². The van der Waals surface area contributed by atoms with Gasteiger partial charge in [0.05, 0.1) is 25.5 Å². The number of primary amides is 1. The first-order valence-corrected chi connectivity index (χ1v) is 16.3. The Morgan fingerprint density at radius 3 is 2.16 bits per heavy atom. The number of fused-ring (bicyclic) bond motifs is 1. The predicted molar refractivity (Wildman–Crippen MR) is 142 cm³/mol. The van der Waals surface area contributed by atoms with E-state index >= 15 is 0 Å². The molecule has 5 heterocycles. The Balaban J connectivity index is 1.13. The molecule has 3 aliphatic rings. The molecule has 3 aliphatic heterocycles. The van der Waals surface area contributed by atoms with Gasteiger partial charge >= 0.3 is 15.6 Å². The van der Waals surface area contributed by atoms with Crippen LogP contribution in [0.5, 0.6) is 0 Å². The molecule has 1 amide bonds.